The van der Waals surface area contributed by atoms with Crippen LogP contribution in [0.2, 0.25) is 0 Å². The van der Waals surface area contributed by atoms with Gasteiger partial charge in [-0.1, -0.05) is 12.1 Å². The first-order valence-electron chi connectivity index (χ1n) is 6.21. The summed E-state index contributed by atoms with van der Waals surface area (Å²) >= 11 is 0. The number of hydrogen-bond acceptors (Lipinski definition) is 2. The molecule has 1 aromatic heterocycles. The highest BCUT2D eigenvalue weighted by molar-refractivity contribution is 5.72. The van der Waals surface area contributed by atoms with Gasteiger partial charge >= 0.3 is 0 Å². The highest BCUT2D eigenvalue weighted by atomic mass is 16.5. The maximum absolute atomic E-state index is 5.84. The van der Waals surface area contributed by atoms with Crippen LogP contribution >= 0.6 is 0 Å². The third-order valence-electron chi connectivity index (χ3n) is 3.42. The molecule has 3 nitrogen and oxygen atoms in total. The van der Waals surface area contributed by atoms with Crippen LogP contribution in [-0.2, 0) is 6.54 Å². The normalized spacial score (nSPS) is 14.4. The van der Waals surface area contributed by atoms with Crippen LogP contribution < -0.4 is 4.74 Å². The van der Waals surface area contributed by atoms with E-state index in [1.165, 1.54) is 11.1 Å². The molecule has 1 aromatic carbocycles. The summed E-state index contributed by atoms with van der Waals surface area (Å²) in [4.78, 5) is 4.42. The van der Waals surface area contributed by atoms with Gasteiger partial charge in [0.05, 0.1) is 12.1 Å². The summed E-state index contributed by atoms with van der Waals surface area (Å²) in [6.07, 6.45) is 5.95. The fourth-order valence-electron chi connectivity index (χ4n) is 2.23. The lowest BCUT2D eigenvalue weighted by molar-refractivity contribution is 0.306. The largest absolute Gasteiger partial charge is 0.491 e. The zero-order valence-corrected chi connectivity index (χ0v) is 10.7. The summed E-state index contributed by atoms with van der Waals surface area (Å²) in [5, 5.41) is 0. The summed E-state index contributed by atoms with van der Waals surface area (Å²) in [7, 11) is 0. The molecule has 0 amide bonds. The van der Waals surface area contributed by atoms with Gasteiger partial charge in [0.15, 0.2) is 0 Å². The second-order valence-electron chi connectivity index (χ2n) is 4.48. The predicted octanol–water partition coefficient (Wildman–Crippen LogP) is 3.37. The van der Waals surface area contributed by atoms with Crippen LogP contribution in [0.25, 0.3) is 17.0 Å². The molecule has 1 aliphatic heterocycles. The smallest absolute Gasteiger partial charge is 0.143 e. The minimum Gasteiger partial charge on any atom is -0.491 e. The van der Waals surface area contributed by atoms with E-state index in [9.17, 15) is 0 Å². The fourth-order valence-corrected chi connectivity index (χ4v) is 2.23. The highest BCUT2D eigenvalue weighted by Gasteiger charge is 2.16. The number of rotatable bonds is 1. The Morgan fingerprint density at radius 2 is 2.33 bits per heavy atom. The molecule has 0 unspecified atom stereocenters. The van der Waals surface area contributed by atoms with Crippen LogP contribution in [0.1, 0.15) is 19.4 Å². The van der Waals surface area contributed by atoms with Crippen molar-refractivity contribution < 1.29 is 4.74 Å². The molecule has 3 heteroatoms. The minimum atomic E-state index is 0.689. The number of aromatic nitrogens is 2. The molecule has 1 aliphatic rings. The molecule has 18 heavy (non-hydrogen) atoms. The minimum absolute atomic E-state index is 0.689. The number of ether oxygens (including phenoxy) is 1. The van der Waals surface area contributed by atoms with Gasteiger partial charge in [0.1, 0.15) is 18.2 Å². The van der Waals surface area contributed by atoms with Gasteiger partial charge in [-0.2, -0.15) is 0 Å². The van der Waals surface area contributed by atoms with Crippen molar-refractivity contribution in [3.8, 4) is 17.1 Å². The third kappa shape index (κ3) is 1.72. The van der Waals surface area contributed by atoms with Crippen molar-refractivity contribution in [2.75, 3.05) is 6.61 Å². The Hall–Kier alpha value is -2.03. The molecule has 92 valence electrons. The van der Waals surface area contributed by atoms with Crippen molar-refractivity contribution in [2.45, 2.75) is 20.4 Å². The van der Waals surface area contributed by atoms with Crippen molar-refractivity contribution in [3.05, 3.63) is 42.2 Å². The lowest BCUT2D eigenvalue weighted by Crippen LogP contribution is -2.04. The molecule has 2 heterocycles. The van der Waals surface area contributed by atoms with Gasteiger partial charge in [0.25, 0.3) is 0 Å². The highest BCUT2D eigenvalue weighted by Crippen LogP contribution is 2.33. The molecule has 0 bridgehead atoms. The van der Waals surface area contributed by atoms with Gasteiger partial charge in [-0.3, -0.25) is 0 Å². The van der Waals surface area contributed by atoms with E-state index in [0.717, 1.165) is 23.7 Å². The second-order valence-corrected chi connectivity index (χ2v) is 4.48. The first-order chi connectivity index (χ1) is 8.79. The summed E-state index contributed by atoms with van der Waals surface area (Å²) < 4.78 is 7.97. The Bertz CT molecular complexity index is 611. The summed E-state index contributed by atoms with van der Waals surface area (Å²) in [6, 6.07) is 6.33. The first kappa shape index (κ1) is 11.1. The van der Waals surface area contributed by atoms with Gasteiger partial charge in [-0.15, -0.1) is 0 Å². The van der Waals surface area contributed by atoms with E-state index in [4.69, 9.17) is 4.74 Å². The predicted molar refractivity (Wildman–Crippen MR) is 72.5 cm³/mol. The number of imidazole rings is 1. The van der Waals surface area contributed by atoms with Gasteiger partial charge in [0.2, 0.25) is 0 Å². The van der Waals surface area contributed by atoms with Crippen LogP contribution in [0.5, 0.6) is 5.75 Å². The lowest BCUT2D eigenvalue weighted by atomic mass is 10.0. The van der Waals surface area contributed by atoms with Gasteiger partial charge < -0.3 is 9.30 Å². The molecule has 0 atom stereocenters. The Labute approximate surface area is 107 Å². The topological polar surface area (TPSA) is 27.1 Å². The molecule has 2 aromatic rings. The molecule has 0 N–H and O–H groups in total. The monoisotopic (exact) mass is 240 g/mol. The Morgan fingerprint density at radius 3 is 3.17 bits per heavy atom. The zero-order valence-electron chi connectivity index (χ0n) is 10.7. The molecule has 0 radical (unpaired) electrons. The van der Waals surface area contributed by atoms with E-state index in [1.807, 2.05) is 12.4 Å². The number of hydrogen-bond donors (Lipinski definition) is 0. The van der Waals surface area contributed by atoms with Gasteiger partial charge in [-0.05, 0) is 37.1 Å². The van der Waals surface area contributed by atoms with Crippen LogP contribution in [0.15, 0.2) is 36.7 Å². The summed E-state index contributed by atoms with van der Waals surface area (Å²) in [6.45, 7) is 5.70. The number of benzene rings is 1. The molecule has 3 rings (SSSR count). The quantitative estimate of drug-likeness (QED) is 0.764. The zero-order chi connectivity index (χ0) is 12.5. The van der Waals surface area contributed by atoms with Crippen LogP contribution in [0.4, 0.5) is 0 Å². The third-order valence-corrected chi connectivity index (χ3v) is 3.42. The first-order valence-corrected chi connectivity index (χ1v) is 6.21. The SMILES string of the molecule is C/C=C(\C)c1ccc2c(c1)OCCn1ccnc1-2. The number of fused-ring (bicyclic) bond motifs is 3. The van der Waals surface area contributed by atoms with Crippen molar-refractivity contribution in [3.63, 3.8) is 0 Å². The molecule has 0 saturated carbocycles. The summed E-state index contributed by atoms with van der Waals surface area (Å²) in [5.41, 5.74) is 3.54. The molecule has 0 saturated heterocycles. The molecular formula is C15H16N2O. The van der Waals surface area contributed by atoms with E-state index in [2.05, 4.69) is 47.7 Å². The van der Waals surface area contributed by atoms with Crippen LogP contribution in [0, 0.1) is 0 Å². The standard InChI is InChI=1S/C15H16N2O/c1-3-11(2)12-4-5-13-14(10-12)18-9-8-17-7-6-16-15(13)17/h3-7,10H,8-9H2,1-2H3/b11-3+. The second kappa shape index (κ2) is 4.33. The van der Waals surface area contributed by atoms with Crippen LogP contribution in [0.3, 0.4) is 0 Å². The Morgan fingerprint density at radius 1 is 1.44 bits per heavy atom. The molecule has 0 spiro atoms. The number of allylic oxidation sites excluding steroid dienone is 2. The molecular weight excluding hydrogens is 224 g/mol. The van der Waals surface area contributed by atoms with Crippen molar-refractivity contribution >= 4 is 5.57 Å². The van der Waals surface area contributed by atoms with Crippen molar-refractivity contribution in [1.82, 2.24) is 9.55 Å². The van der Waals surface area contributed by atoms with E-state index in [1.54, 1.807) is 0 Å². The van der Waals surface area contributed by atoms with E-state index in [-0.39, 0.29) is 0 Å². The fraction of sp³-hybridized carbons (Fsp3) is 0.267. The lowest BCUT2D eigenvalue weighted by Gasteiger charge is -2.09. The average molecular weight is 240 g/mol. The van der Waals surface area contributed by atoms with E-state index >= 15 is 0 Å². The maximum atomic E-state index is 5.84. The van der Waals surface area contributed by atoms with Gasteiger partial charge in [0, 0.05) is 12.4 Å². The Balaban J connectivity index is 2.14. The molecule has 0 fully saturated rings. The maximum Gasteiger partial charge on any atom is 0.143 e. The summed E-state index contributed by atoms with van der Waals surface area (Å²) in [5.74, 6) is 1.92. The average Bonchev–Trinajstić information content (AvgIpc) is 2.79. The van der Waals surface area contributed by atoms with Crippen molar-refractivity contribution in [1.29, 1.82) is 0 Å². The number of nitrogens with zero attached hydrogens (tertiary/aromatic N) is 2. The Kier molecular flexibility index (Phi) is 2.67. The van der Waals surface area contributed by atoms with Crippen LogP contribution in [-0.4, -0.2) is 16.2 Å². The molecule has 0 aliphatic carbocycles. The van der Waals surface area contributed by atoms with E-state index < -0.39 is 0 Å². The van der Waals surface area contributed by atoms with Crippen molar-refractivity contribution in [2.24, 2.45) is 0 Å². The van der Waals surface area contributed by atoms with E-state index in [0.29, 0.717) is 6.61 Å². The van der Waals surface area contributed by atoms with Gasteiger partial charge in [-0.25, -0.2) is 4.98 Å².